The van der Waals surface area contributed by atoms with Crippen molar-refractivity contribution in [2.24, 2.45) is 0 Å². The highest BCUT2D eigenvalue weighted by Crippen LogP contribution is 2.06. The van der Waals surface area contributed by atoms with Crippen LogP contribution < -0.4 is 5.76 Å². The average molecular weight is 253 g/mol. The van der Waals surface area contributed by atoms with Crippen LogP contribution in [-0.4, -0.2) is 15.0 Å². The molecule has 0 spiro atoms. The van der Waals surface area contributed by atoms with Gasteiger partial charge in [-0.2, -0.15) is 0 Å². The van der Waals surface area contributed by atoms with Gasteiger partial charge in [-0.1, -0.05) is 35.5 Å². The smallest absolute Gasteiger partial charge is 0.296 e. The van der Waals surface area contributed by atoms with E-state index in [9.17, 15) is 9.59 Å². The third-order valence-electron chi connectivity index (χ3n) is 2.25. The second-order valence-electron chi connectivity index (χ2n) is 3.47. The predicted octanol–water partition coefficient (Wildman–Crippen LogP) is 1.19. The molecule has 0 aliphatic rings. The average Bonchev–Trinajstić information content (AvgIpc) is 2.62. The van der Waals surface area contributed by atoms with Gasteiger partial charge >= 0.3 is 5.76 Å². The summed E-state index contributed by atoms with van der Waals surface area (Å²) in [6, 6.07) is 9.44. The summed E-state index contributed by atoms with van der Waals surface area (Å²) in [5, 5.41) is 2.99. The van der Waals surface area contributed by atoms with Crippen LogP contribution >= 0.6 is 11.6 Å². The van der Waals surface area contributed by atoms with Crippen molar-refractivity contribution in [3.63, 3.8) is 0 Å². The molecule has 0 aliphatic heterocycles. The fourth-order valence-electron chi connectivity index (χ4n) is 1.48. The van der Waals surface area contributed by atoms with E-state index < -0.39 is 11.0 Å². The van der Waals surface area contributed by atoms with Gasteiger partial charge in [0, 0.05) is 6.42 Å². The Balaban J connectivity index is 2.27. The monoisotopic (exact) mass is 252 g/mol. The van der Waals surface area contributed by atoms with E-state index in [1.54, 1.807) is 0 Å². The van der Waals surface area contributed by atoms with Gasteiger partial charge in [-0.15, -0.1) is 0 Å². The Morgan fingerprint density at radius 1 is 1.35 bits per heavy atom. The second kappa shape index (κ2) is 4.97. The number of nitrogens with zero attached hydrogens (tertiary/aromatic N) is 2. The molecule has 2 aromatic rings. The standard InChI is InChI=1S/C11H9ClN2O3/c12-9(15)7-14-10(13-17-11(14)16)6-8-4-2-1-3-5-8/h1-5H,6-7H2. The fraction of sp³-hybridized carbons (Fsp3) is 0.182. The van der Waals surface area contributed by atoms with E-state index in [0.29, 0.717) is 12.2 Å². The molecule has 1 aromatic heterocycles. The number of rotatable bonds is 4. The van der Waals surface area contributed by atoms with Crippen molar-refractivity contribution in [3.8, 4) is 0 Å². The van der Waals surface area contributed by atoms with E-state index in [4.69, 9.17) is 11.6 Å². The van der Waals surface area contributed by atoms with Gasteiger partial charge < -0.3 is 0 Å². The fourth-order valence-corrected chi connectivity index (χ4v) is 1.60. The summed E-state index contributed by atoms with van der Waals surface area (Å²) < 4.78 is 5.64. The highest BCUT2D eigenvalue weighted by atomic mass is 35.5. The Morgan fingerprint density at radius 2 is 2.06 bits per heavy atom. The summed E-state index contributed by atoms with van der Waals surface area (Å²) >= 11 is 5.25. The molecule has 2 rings (SSSR count). The molecule has 1 heterocycles. The molecular weight excluding hydrogens is 244 g/mol. The molecule has 88 valence electrons. The molecule has 1 aromatic carbocycles. The van der Waals surface area contributed by atoms with E-state index in [-0.39, 0.29) is 6.54 Å². The van der Waals surface area contributed by atoms with Crippen LogP contribution in [0.25, 0.3) is 0 Å². The van der Waals surface area contributed by atoms with Gasteiger partial charge in [-0.25, -0.2) is 4.79 Å². The number of carbonyl (C=O) groups excluding carboxylic acids is 1. The van der Waals surface area contributed by atoms with Crippen LogP contribution in [0, 0.1) is 0 Å². The number of carbonyl (C=O) groups is 1. The van der Waals surface area contributed by atoms with Crippen molar-refractivity contribution in [1.82, 2.24) is 9.72 Å². The van der Waals surface area contributed by atoms with Gasteiger partial charge in [0.2, 0.25) is 5.24 Å². The minimum absolute atomic E-state index is 0.230. The van der Waals surface area contributed by atoms with Crippen molar-refractivity contribution >= 4 is 16.8 Å². The van der Waals surface area contributed by atoms with Gasteiger partial charge in [-0.05, 0) is 17.2 Å². The van der Waals surface area contributed by atoms with Gasteiger partial charge in [0.15, 0.2) is 5.82 Å². The lowest BCUT2D eigenvalue weighted by Crippen LogP contribution is -2.20. The van der Waals surface area contributed by atoms with Crippen LogP contribution in [0.15, 0.2) is 39.6 Å². The number of aromatic nitrogens is 2. The van der Waals surface area contributed by atoms with Crippen LogP contribution in [0.1, 0.15) is 11.4 Å². The van der Waals surface area contributed by atoms with Crippen LogP contribution in [0.5, 0.6) is 0 Å². The predicted molar refractivity (Wildman–Crippen MR) is 60.9 cm³/mol. The van der Waals surface area contributed by atoms with E-state index >= 15 is 0 Å². The summed E-state index contributed by atoms with van der Waals surface area (Å²) in [5.41, 5.74) is 0.969. The molecule has 0 aliphatic carbocycles. The first kappa shape index (κ1) is 11.6. The molecule has 0 amide bonds. The van der Waals surface area contributed by atoms with Crippen LogP contribution in [0.3, 0.4) is 0 Å². The molecule has 5 nitrogen and oxygen atoms in total. The third kappa shape index (κ3) is 2.82. The largest absolute Gasteiger partial charge is 0.442 e. The molecule has 0 atom stereocenters. The zero-order chi connectivity index (χ0) is 12.3. The van der Waals surface area contributed by atoms with Gasteiger partial charge in [-0.3, -0.25) is 13.9 Å². The maximum Gasteiger partial charge on any atom is 0.442 e. The lowest BCUT2D eigenvalue weighted by atomic mass is 10.1. The number of halogens is 1. The molecule has 6 heteroatoms. The number of hydrogen-bond acceptors (Lipinski definition) is 4. The van der Waals surface area contributed by atoms with Gasteiger partial charge in [0.1, 0.15) is 6.54 Å². The summed E-state index contributed by atoms with van der Waals surface area (Å²) in [7, 11) is 0. The van der Waals surface area contributed by atoms with Crippen LogP contribution in [0.2, 0.25) is 0 Å². The first-order valence-corrected chi connectivity index (χ1v) is 5.32. The Kier molecular flexibility index (Phi) is 3.39. The van der Waals surface area contributed by atoms with Crippen LogP contribution in [-0.2, 0) is 17.8 Å². The van der Waals surface area contributed by atoms with Crippen molar-refractivity contribution in [2.45, 2.75) is 13.0 Å². The Morgan fingerprint density at radius 3 is 2.71 bits per heavy atom. The van der Waals surface area contributed by atoms with Crippen molar-refractivity contribution in [1.29, 1.82) is 0 Å². The minimum atomic E-state index is -0.676. The zero-order valence-corrected chi connectivity index (χ0v) is 9.55. The van der Waals surface area contributed by atoms with E-state index in [0.717, 1.165) is 10.1 Å². The Bertz CT molecular complexity index is 574. The summed E-state index contributed by atoms with van der Waals surface area (Å²) in [5.74, 6) is -0.292. The van der Waals surface area contributed by atoms with Crippen molar-refractivity contribution in [2.75, 3.05) is 0 Å². The normalized spacial score (nSPS) is 10.4. The quantitative estimate of drug-likeness (QED) is 0.767. The molecule has 0 saturated heterocycles. The Hall–Kier alpha value is -1.88. The maximum absolute atomic E-state index is 11.3. The van der Waals surface area contributed by atoms with Gasteiger partial charge in [0.25, 0.3) is 0 Å². The first-order valence-electron chi connectivity index (χ1n) is 4.94. The summed E-state index contributed by atoms with van der Waals surface area (Å²) in [6.45, 7) is -0.230. The lowest BCUT2D eigenvalue weighted by Gasteiger charge is -2.01. The third-order valence-corrected chi connectivity index (χ3v) is 2.37. The van der Waals surface area contributed by atoms with E-state index in [1.807, 2.05) is 30.3 Å². The second-order valence-corrected chi connectivity index (χ2v) is 3.89. The van der Waals surface area contributed by atoms with E-state index in [1.165, 1.54) is 0 Å². The molecule has 0 bridgehead atoms. The first-order chi connectivity index (χ1) is 8.16. The van der Waals surface area contributed by atoms with Crippen molar-refractivity contribution in [3.05, 3.63) is 52.3 Å². The topological polar surface area (TPSA) is 65.1 Å². The van der Waals surface area contributed by atoms with Crippen molar-refractivity contribution < 1.29 is 9.32 Å². The SMILES string of the molecule is O=C(Cl)Cn1c(Cc2ccccc2)noc1=O. The molecule has 0 radical (unpaired) electrons. The molecule has 0 N–H and O–H groups in total. The summed E-state index contributed by atoms with van der Waals surface area (Å²) in [4.78, 5) is 22.1. The zero-order valence-electron chi connectivity index (χ0n) is 8.80. The highest BCUT2D eigenvalue weighted by Gasteiger charge is 2.13. The molecule has 0 fully saturated rings. The molecule has 0 saturated carbocycles. The number of hydrogen-bond donors (Lipinski definition) is 0. The molecule has 0 unspecified atom stereocenters. The highest BCUT2D eigenvalue weighted by molar-refractivity contribution is 6.63. The number of benzene rings is 1. The molecule has 17 heavy (non-hydrogen) atoms. The van der Waals surface area contributed by atoms with Crippen LogP contribution in [0.4, 0.5) is 0 Å². The lowest BCUT2D eigenvalue weighted by molar-refractivity contribution is -0.112. The van der Waals surface area contributed by atoms with E-state index in [2.05, 4.69) is 9.68 Å². The van der Waals surface area contributed by atoms with Gasteiger partial charge in [0.05, 0.1) is 0 Å². The maximum atomic E-state index is 11.3. The molecular formula is C11H9ClN2O3. The minimum Gasteiger partial charge on any atom is -0.296 e. The summed E-state index contributed by atoms with van der Waals surface area (Å²) in [6.07, 6.45) is 0.413. The Labute approximate surface area is 102 Å².